The summed E-state index contributed by atoms with van der Waals surface area (Å²) in [5.74, 6) is 0. The number of thioether (sulfide) groups is 1. The van der Waals surface area contributed by atoms with E-state index in [1.807, 2.05) is 0 Å². The Morgan fingerprint density at radius 2 is 2.00 bits per heavy atom. The molecule has 14 heavy (non-hydrogen) atoms. The van der Waals surface area contributed by atoms with Crippen LogP contribution in [0.1, 0.15) is 15.7 Å². The lowest BCUT2D eigenvalue weighted by atomic mass is 10.1. The summed E-state index contributed by atoms with van der Waals surface area (Å²) in [7, 11) is 0. The SMILES string of the molecule is CSC(S)c1cccc(C(F)(F)F)c1. The first-order valence-corrected chi connectivity index (χ1v) is 5.63. The number of benzene rings is 1. The lowest BCUT2D eigenvalue weighted by Gasteiger charge is -2.11. The second-order valence-electron chi connectivity index (χ2n) is 2.71. The molecule has 0 aliphatic carbocycles. The Morgan fingerprint density at radius 1 is 1.36 bits per heavy atom. The average Bonchev–Trinajstić information content (AvgIpc) is 2.15. The molecule has 0 aromatic heterocycles. The van der Waals surface area contributed by atoms with Crippen molar-refractivity contribution in [1.82, 2.24) is 0 Å². The fourth-order valence-electron chi connectivity index (χ4n) is 1.00. The van der Waals surface area contributed by atoms with E-state index in [-0.39, 0.29) is 4.58 Å². The highest BCUT2D eigenvalue weighted by molar-refractivity contribution is 8.09. The van der Waals surface area contributed by atoms with E-state index in [2.05, 4.69) is 12.6 Å². The summed E-state index contributed by atoms with van der Waals surface area (Å²) in [5, 5.41) is 0. The molecule has 1 rings (SSSR count). The molecule has 5 heteroatoms. The standard InChI is InChI=1S/C9H9F3S2/c1-14-8(13)6-3-2-4-7(5-6)9(10,11)12/h2-5,8,13H,1H3. The van der Waals surface area contributed by atoms with Gasteiger partial charge in [0, 0.05) is 0 Å². The van der Waals surface area contributed by atoms with Crippen LogP contribution in [0.15, 0.2) is 24.3 Å². The fraction of sp³-hybridized carbons (Fsp3) is 0.333. The average molecular weight is 238 g/mol. The maximum Gasteiger partial charge on any atom is 0.416 e. The lowest BCUT2D eigenvalue weighted by Crippen LogP contribution is -2.05. The van der Waals surface area contributed by atoms with Crippen LogP contribution in [0.3, 0.4) is 0 Å². The first-order chi connectivity index (χ1) is 6.45. The fourth-order valence-corrected chi connectivity index (χ4v) is 1.58. The highest BCUT2D eigenvalue weighted by Crippen LogP contribution is 2.35. The molecule has 1 aromatic carbocycles. The minimum atomic E-state index is -4.28. The van der Waals surface area contributed by atoms with Gasteiger partial charge in [-0.25, -0.2) is 0 Å². The van der Waals surface area contributed by atoms with Gasteiger partial charge in [-0.05, 0) is 24.0 Å². The van der Waals surface area contributed by atoms with E-state index in [0.29, 0.717) is 5.56 Å². The zero-order valence-corrected chi connectivity index (χ0v) is 9.09. The summed E-state index contributed by atoms with van der Waals surface area (Å²) >= 11 is 5.55. The Labute approximate surface area is 90.3 Å². The van der Waals surface area contributed by atoms with Crippen LogP contribution in [0, 0.1) is 0 Å². The van der Waals surface area contributed by atoms with Crippen molar-refractivity contribution < 1.29 is 13.2 Å². The molecule has 0 saturated carbocycles. The van der Waals surface area contributed by atoms with E-state index < -0.39 is 11.7 Å². The number of halogens is 3. The molecule has 0 aliphatic heterocycles. The molecule has 1 unspecified atom stereocenters. The van der Waals surface area contributed by atoms with Gasteiger partial charge in [0.05, 0.1) is 10.1 Å². The topological polar surface area (TPSA) is 0 Å². The molecule has 0 fully saturated rings. The molecule has 0 saturated heterocycles. The van der Waals surface area contributed by atoms with Gasteiger partial charge in [-0.2, -0.15) is 25.8 Å². The van der Waals surface area contributed by atoms with Crippen molar-refractivity contribution in [3.8, 4) is 0 Å². The van der Waals surface area contributed by atoms with Gasteiger partial charge in [0.2, 0.25) is 0 Å². The van der Waals surface area contributed by atoms with Gasteiger partial charge in [0.15, 0.2) is 0 Å². The summed E-state index contributed by atoms with van der Waals surface area (Å²) in [6, 6.07) is 5.24. The van der Waals surface area contributed by atoms with E-state index in [4.69, 9.17) is 0 Å². The van der Waals surface area contributed by atoms with Crippen molar-refractivity contribution in [2.45, 2.75) is 10.8 Å². The normalized spacial score (nSPS) is 14.1. The Bertz CT molecular complexity index is 309. The molecule has 0 bridgehead atoms. The zero-order chi connectivity index (χ0) is 10.8. The van der Waals surface area contributed by atoms with Gasteiger partial charge in [-0.1, -0.05) is 12.1 Å². The molecule has 0 nitrogen and oxygen atoms in total. The molecule has 0 spiro atoms. The second kappa shape index (κ2) is 4.49. The molecular weight excluding hydrogens is 229 g/mol. The maximum atomic E-state index is 12.3. The minimum Gasteiger partial charge on any atom is -0.166 e. The number of rotatable bonds is 2. The predicted molar refractivity (Wildman–Crippen MR) is 56.7 cm³/mol. The Kier molecular flexibility index (Phi) is 3.78. The van der Waals surface area contributed by atoms with Gasteiger partial charge >= 0.3 is 6.18 Å². The highest BCUT2D eigenvalue weighted by Gasteiger charge is 2.30. The van der Waals surface area contributed by atoms with Crippen LogP contribution in [0.25, 0.3) is 0 Å². The summed E-state index contributed by atoms with van der Waals surface area (Å²) in [5.41, 5.74) is -0.0428. The molecule has 0 amide bonds. The molecule has 0 radical (unpaired) electrons. The van der Waals surface area contributed by atoms with E-state index in [0.717, 1.165) is 12.1 Å². The summed E-state index contributed by atoms with van der Waals surface area (Å²) in [4.78, 5) is 0. The van der Waals surface area contributed by atoms with Gasteiger partial charge < -0.3 is 0 Å². The van der Waals surface area contributed by atoms with Crippen LogP contribution in [-0.2, 0) is 6.18 Å². The van der Waals surface area contributed by atoms with E-state index in [1.54, 1.807) is 12.3 Å². The molecular formula is C9H9F3S2. The van der Waals surface area contributed by atoms with E-state index in [9.17, 15) is 13.2 Å². The molecule has 1 aromatic rings. The van der Waals surface area contributed by atoms with E-state index in [1.165, 1.54) is 17.8 Å². The Hall–Kier alpha value is -0.290. The highest BCUT2D eigenvalue weighted by atomic mass is 32.2. The van der Waals surface area contributed by atoms with Crippen LogP contribution in [0.2, 0.25) is 0 Å². The van der Waals surface area contributed by atoms with Crippen LogP contribution in [-0.4, -0.2) is 6.26 Å². The Balaban J connectivity index is 3.01. The maximum absolute atomic E-state index is 12.3. The van der Waals surface area contributed by atoms with Crippen molar-refractivity contribution in [3.05, 3.63) is 35.4 Å². The monoisotopic (exact) mass is 238 g/mol. The zero-order valence-electron chi connectivity index (χ0n) is 7.38. The number of hydrogen-bond donors (Lipinski definition) is 1. The molecule has 0 aliphatic rings. The molecule has 0 heterocycles. The van der Waals surface area contributed by atoms with Gasteiger partial charge in [0.25, 0.3) is 0 Å². The Morgan fingerprint density at radius 3 is 2.50 bits per heavy atom. The number of hydrogen-bond acceptors (Lipinski definition) is 2. The van der Waals surface area contributed by atoms with Crippen LogP contribution >= 0.6 is 24.4 Å². The lowest BCUT2D eigenvalue weighted by molar-refractivity contribution is -0.137. The quantitative estimate of drug-likeness (QED) is 0.600. The smallest absolute Gasteiger partial charge is 0.166 e. The first kappa shape index (κ1) is 11.8. The van der Waals surface area contributed by atoms with Crippen molar-refractivity contribution in [3.63, 3.8) is 0 Å². The largest absolute Gasteiger partial charge is 0.416 e. The van der Waals surface area contributed by atoms with Gasteiger partial charge in [-0.3, -0.25) is 0 Å². The molecule has 1 atom stereocenters. The van der Waals surface area contributed by atoms with Gasteiger partial charge in [0.1, 0.15) is 0 Å². The summed E-state index contributed by atoms with van der Waals surface area (Å²) in [6.07, 6.45) is -2.47. The van der Waals surface area contributed by atoms with Crippen molar-refractivity contribution >= 4 is 24.4 Å². The summed E-state index contributed by atoms with van der Waals surface area (Å²) < 4.78 is 36.7. The number of alkyl halides is 3. The number of thiol groups is 1. The third kappa shape index (κ3) is 2.85. The first-order valence-electron chi connectivity index (χ1n) is 3.83. The van der Waals surface area contributed by atoms with Crippen molar-refractivity contribution in [1.29, 1.82) is 0 Å². The molecule has 0 N–H and O–H groups in total. The third-order valence-corrected chi connectivity index (χ3v) is 3.37. The van der Waals surface area contributed by atoms with Crippen LogP contribution in [0.4, 0.5) is 13.2 Å². The predicted octanol–water partition coefficient (Wildman–Crippen LogP) is 4.00. The summed E-state index contributed by atoms with van der Waals surface area (Å²) in [6.45, 7) is 0. The molecule has 78 valence electrons. The van der Waals surface area contributed by atoms with E-state index >= 15 is 0 Å². The van der Waals surface area contributed by atoms with Crippen LogP contribution in [0.5, 0.6) is 0 Å². The minimum absolute atomic E-state index is 0.211. The van der Waals surface area contributed by atoms with Crippen molar-refractivity contribution in [2.75, 3.05) is 6.26 Å². The second-order valence-corrected chi connectivity index (χ2v) is 4.52. The van der Waals surface area contributed by atoms with Gasteiger partial charge in [-0.15, -0.1) is 11.8 Å². The third-order valence-electron chi connectivity index (χ3n) is 1.72. The van der Waals surface area contributed by atoms with Crippen LogP contribution < -0.4 is 0 Å². The van der Waals surface area contributed by atoms with Crippen molar-refractivity contribution in [2.24, 2.45) is 0 Å².